The predicted molar refractivity (Wildman–Crippen MR) is 47.9 cm³/mol. The molecule has 0 heterocycles. The van der Waals surface area contributed by atoms with Gasteiger partial charge in [-0.2, -0.15) is 0 Å². The zero-order valence-corrected chi connectivity index (χ0v) is 8.15. The van der Waals surface area contributed by atoms with Crippen LogP contribution in [0.2, 0.25) is 0 Å². The third kappa shape index (κ3) is 2.29. The first-order valence-corrected chi connectivity index (χ1v) is 6.70. The molecule has 11 heavy (non-hydrogen) atoms. The molecule has 0 saturated carbocycles. The predicted octanol–water partition coefficient (Wildman–Crippen LogP) is 1.49. The fourth-order valence-electron chi connectivity index (χ4n) is 0.378. The number of halogens is 2. The lowest BCUT2D eigenvalue weighted by molar-refractivity contribution is -0.111. The van der Waals surface area contributed by atoms with Gasteiger partial charge in [0.2, 0.25) is 0 Å². The summed E-state index contributed by atoms with van der Waals surface area (Å²) in [4.78, 5) is 21.7. The van der Waals surface area contributed by atoms with Crippen molar-refractivity contribution < 1.29 is 9.59 Å². The van der Waals surface area contributed by atoms with Crippen molar-refractivity contribution in [3.63, 3.8) is 0 Å². The van der Waals surface area contributed by atoms with E-state index in [9.17, 15) is 9.59 Å². The Morgan fingerprint density at radius 2 is 1.36 bits per heavy atom. The Morgan fingerprint density at radius 1 is 1.09 bits per heavy atom. The highest BCUT2D eigenvalue weighted by molar-refractivity contribution is 7.69. The quantitative estimate of drug-likeness (QED) is 0.399. The lowest BCUT2D eigenvalue weighted by Crippen LogP contribution is -2.39. The largest absolute Gasteiger partial charge is 0.395 e. The van der Waals surface area contributed by atoms with E-state index in [0.717, 1.165) is 12.2 Å². The minimum absolute atomic E-state index is 0.606. The average molecular weight is 209 g/mol. The summed E-state index contributed by atoms with van der Waals surface area (Å²) in [5.41, 5.74) is 0. The second kappa shape index (κ2) is 3.85. The molecule has 5 heteroatoms. The van der Waals surface area contributed by atoms with Crippen molar-refractivity contribution in [3.05, 3.63) is 25.3 Å². The maximum absolute atomic E-state index is 10.8. The highest BCUT2D eigenvalue weighted by Gasteiger charge is 2.42. The number of carbonyl (C=O) groups is 2. The third-order valence-corrected chi connectivity index (χ3v) is 4.87. The van der Waals surface area contributed by atoms with Gasteiger partial charge < -0.3 is 0 Å². The van der Waals surface area contributed by atoms with E-state index in [-0.39, 0.29) is 0 Å². The van der Waals surface area contributed by atoms with Gasteiger partial charge >= 0.3 is 6.69 Å². The molecule has 0 aromatic heterocycles. The summed E-state index contributed by atoms with van der Waals surface area (Å²) in [6, 6.07) is 0. The zero-order chi connectivity index (χ0) is 9.07. The molecular formula is C6H6Cl2O2Si. The highest BCUT2D eigenvalue weighted by atomic mass is 35.7. The molecule has 0 saturated heterocycles. The normalized spacial score (nSPS) is 10.4. The molecule has 0 N–H and O–H groups in total. The summed E-state index contributed by atoms with van der Waals surface area (Å²) >= 11 is 11.0. The van der Waals surface area contributed by atoms with Crippen LogP contribution in [0.5, 0.6) is 0 Å². The standard InChI is InChI=1S/C6H6Cl2O2Si/c1-3-5(9)11(7,8)6(10)4-2/h3-4H,1-2H2. The zero-order valence-electron chi connectivity index (χ0n) is 5.64. The second-order valence-electron chi connectivity index (χ2n) is 1.71. The molecule has 0 atom stereocenters. The van der Waals surface area contributed by atoms with Crippen LogP contribution < -0.4 is 0 Å². The molecule has 0 radical (unpaired) electrons. The van der Waals surface area contributed by atoms with Crippen LogP contribution in [-0.4, -0.2) is 17.5 Å². The van der Waals surface area contributed by atoms with Gasteiger partial charge in [0.05, 0.1) is 0 Å². The Kier molecular flexibility index (Phi) is 3.72. The first-order chi connectivity index (χ1) is 4.96. The molecule has 0 rings (SSSR count). The van der Waals surface area contributed by atoms with Gasteiger partial charge in [0.1, 0.15) is 0 Å². The summed E-state index contributed by atoms with van der Waals surface area (Å²) in [6.45, 7) is 2.87. The molecule has 0 aliphatic heterocycles. The molecule has 0 aromatic carbocycles. The summed E-state index contributed by atoms with van der Waals surface area (Å²) in [5, 5.41) is -1.21. The van der Waals surface area contributed by atoms with Gasteiger partial charge in [0.15, 0.2) is 10.8 Å². The van der Waals surface area contributed by atoms with Gasteiger partial charge in [-0.25, -0.2) is 0 Å². The van der Waals surface area contributed by atoms with Crippen molar-refractivity contribution >= 4 is 39.7 Å². The summed E-state index contributed by atoms with van der Waals surface area (Å²) in [6.07, 6.45) is 1.90. The maximum Gasteiger partial charge on any atom is 0.395 e. The van der Waals surface area contributed by atoms with E-state index in [1.54, 1.807) is 0 Å². The van der Waals surface area contributed by atoms with Crippen LogP contribution in [0.15, 0.2) is 25.3 Å². The number of hydrogen-bond acceptors (Lipinski definition) is 2. The van der Waals surface area contributed by atoms with Crippen LogP contribution in [-0.2, 0) is 9.59 Å². The molecule has 0 spiro atoms. The van der Waals surface area contributed by atoms with Crippen LogP contribution >= 0.6 is 22.2 Å². The van der Waals surface area contributed by atoms with E-state index in [0.29, 0.717) is 0 Å². The molecule has 2 nitrogen and oxygen atoms in total. The second-order valence-corrected chi connectivity index (χ2v) is 7.83. The van der Waals surface area contributed by atoms with Gasteiger partial charge in [-0.3, -0.25) is 9.59 Å². The van der Waals surface area contributed by atoms with E-state index in [1.807, 2.05) is 0 Å². The van der Waals surface area contributed by atoms with Crippen LogP contribution in [0, 0.1) is 0 Å². The third-order valence-electron chi connectivity index (χ3n) is 0.990. The highest BCUT2D eigenvalue weighted by Crippen LogP contribution is 2.17. The molecule has 0 aromatic rings. The topological polar surface area (TPSA) is 34.1 Å². The monoisotopic (exact) mass is 208 g/mol. The van der Waals surface area contributed by atoms with Crippen molar-refractivity contribution in [2.75, 3.05) is 0 Å². The van der Waals surface area contributed by atoms with Crippen molar-refractivity contribution in [1.29, 1.82) is 0 Å². The van der Waals surface area contributed by atoms with Gasteiger partial charge in [-0.15, -0.1) is 22.2 Å². The van der Waals surface area contributed by atoms with Crippen molar-refractivity contribution in [3.8, 4) is 0 Å². The Bertz CT molecular complexity index is 201. The molecule has 0 aliphatic rings. The minimum Gasteiger partial charge on any atom is -0.297 e. The smallest absolute Gasteiger partial charge is 0.297 e. The van der Waals surface area contributed by atoms with E-state index in [4.69, 9.17) is 22.2 Å². The number of hydrogen-bond donors (Lipinski definition) is 0. The number of allylic oxidation sites excluding steroid dienone is 2. The van der Waals surface area contributed by atoms with E-state index < -0.39 is 17.5 Å². The molecule has 0 aliphatic carbocycles. The van der Waals surface area contributed by atoms with Crippen LogP contribution in [0.4, 0.5) is 0 Å². The fourth-order valence-corrected chi connectivity index (χ4v) is 2.06. The number of carbonyl (C=O) groups excluding carboxylic acids is 2. The summed E-state index contributed by atoms with van der Waals surface area (Å²) in [5.74, 6) is 0. The fraction of sp³-hybridized carbons (Fsp3) is 0. The summed E-state index contributed by atoms with van der Waals surface area (Å²) < 4.78 is 0. The van der Waals surface area contributed by atoms with Crippen molar-refractivity contribution in [1.82, 2.24) is 0 Å². The van der Waals surface area contributed by atoms with E-state index >= 15 is 0 Å². The first kappa shape index (κ1) is 10.6. The Morgan fingerprint density at radius 3 is 1.55 bits per heavy atom. The van der Waals surface area contributed by atoms with Crippen LogP contribution in [0.25, 0.3) is 0 Å². The van der Waals surface area contributed by atoms with Crippen LogP contribution in [0.3, 0.4) is 0 Å². The Hall–Kier alpha value is -0.383. The SMILES string of the molecule is C=CC(=O)[Si](Cl)(Cl)C(=O)C=C. The Balaban J connectivity index is 4.70. The molecule has 60 valence electrons. The van der Waals surface area contributed by atoms with Crippen molar-refractivity contribution in [2.45, 2.75) is 0 Å². The van der Waals surface area contributed by atoms with Gasteiger partial charge in [-0.1, -0.05) is 13.2 Å². The van der Waals surface area contributed by atoms with Gasteiger partial charge in [0, 0.05) is 0 Å². The minimum atomic E-state index is -3.48. The molecule has 0 amide bonds. The molecule has 0 fully saturated rings. The van der Waals surface area contributed by atoms with Crippen LogP contribution in [0.1, 0.15) is 0 Å². The number of rotatable bonds is 4. The lowest BCUT2D eigenvalue weighted by Gasteiger charge is -2.06. The summed E-state index contributed by atoms with van der Waals surface area (Å²) in [7, 11) is 0. The van der Waals surface area contributed by atoms with E-state index in [2.05, 4.69) is 13.2 Å². The van der Waals surface area contributed by atoms with Crippen molar-refractivity contribution in [2.24, 2.45) is 0 Å². The maximum atomic E-state index is 10.8. The molecular weight excluding hydrogens is 203 g/mol. The average Bonchev–Trinajstić information content (AvgIpc) is 2.01. The molecule has 0 unspecified atom stereocenters. The first-order valence-electron chi connectivity index (χ1n) is 2.68. The molecule has 0 bridgehead atoms. The lowest BCUT2D eigenvalue weighted by atomic mass is 10.7. The van der Waals surface area contributed by atoms with Gasteiger partial charge in [0.25, 0.3) is 0 Å². The Labute approximate surface area is 74.9 Å². The van der Waals surface area contributed by atoms with Gasteiger partial charge in [-0.05, 0) is 12.2 Å². The van der Waals surface area contributed by atoms with E-state index in [1.165, 1.54) is 0 Å².